The zero-order chi connectivity index (χ0) is 13.8. The standard InChI is InChI=1S/C16H16Br2O/c1-11(2)13-8-14(17)16(15(18)9-13)19-10-12-6-4-3-5-7-12/h3-9,11H,10H2,1-2H3. The molecule has 19 heavy (non-hydrogen) atoms. The molecule has 0 aliphatic heterocycles. The lowest BCUT2D eigenvalue weighted by Crippen LogP contribution is -1.98. The monoisotopic (exact) mass is 382 g/mol. The fourth-order valence-electron chi connectivity index (χ4n) is 1.78. The molecule has 100 valence electrons. The molecule has 3 heteroatoms. The number of halogens is 2. The minimum absolute atomic E-state index is 0.496. The molecule has 0 unspecified atom stereocenters. The number of hydrogen-bond acceptors (Lipinski definition) is 1. The SMILES string of the molecule is CC(C)c1cc(Br)c(OCc2ccccc2)c(Br)c1. The summed E-state index contributed by atoms with van der Waals surface area (Å²) in [5.41, 5.74) is 2.44. The van der Waals surface area contributed by atoms with Gasteiger partial charge >= 0.3 is 0 Å². The molecule has 0 heterocycles. The Labute approximate surface area is 131 Å². The second kappa shape index (κ2) is 6.58. The lowest BCUT2D eigenvalue weighted by atomic mass is 10.0. The predicted molar refractivity (Wildman–Crippen MR) is 86.7 cm³/mol. The molecule has 0 N–H and O–H groups in total. The van der Waals surface area contributed by atoms with Gasteiger partial charge in [0.05, 0.1) is 8.95 Å². The van der Waals surface area contributed by atoms with E-state index >= 15 is 0 Å². The van der Waals surface area contributed by atoms with Gasteiger partial charge in [-0.15, -0.1) is 0 Å². The van der Waals surface area contributed by atoms with Crippen LogP contribution in [0.15, 0.2) is 51.4 Å². The van der Waals surface area contributed by atoms with Gasteiger partial charge in [-0.25, -0.2) is 0 Å². The molecule has 0 amide bonds. The Bertz CT molecular complexity index is 527. The first kappa shape index (κ1) is 14.6. The summed E-state index contributed by atoms with van der Waals surface area (Å²) in [4.78, 5) is 0. The molecule has 2 rings (SSSR count). The van der Waals surface area contributed by atoms with Crippen LogP contribution in [0.3, 0.4) is 0 Å². The molecule has 0 radical (unpaired) electrons. The first-order chi connectivity index (χ1) is 9.08. The van der Waals surface area contributed by atoms with Gasteiger partial charge < -0.3 is 4.74 Å². The van der Waals surface area contributed by atoms with Crippen LogP contribution < -0.4 is 4.74 Å². The van der Waals surface area contributed by atoms with Crippen molar-refractivity contribution >= 4 is 31.9 Å². The highest BCUT2D eigenvalue weighted by Gasteiger charge is 2.11. The lowest BCUT2D eigenvalue weighted by molar-refractivity contribution is 0.302. The van der Waals surface area contributed by atoms with Crippen molar-refractivity contribution in [3.05, 3.63) is 62.5 Å². The molecule has 0 saturated heterocycles. The molecule has 0 aliphatic carbocycles. The van der Waals surface area contributed by atoms with Gasteiger partial charge in [-0.1, -0.05) is 44.2 Å². The molecule has 0 fully saturated rings. The molecule has 1 nitrogen and oxygen atoms in total. The van der Waals surface area contributed by atoms with E-state index in [0.29, 0.717) is 12.5 Å². The predicted octanol–water partition coefficient (Wildman–Crippen LogP) is 5.91. The highest BCUT2D eigenvalue weighted by atomic mass is 79.9. The molecule has 2 aromatic carbocycles. The lowest BCUT2D eigenvalue weighted by Gasteiger charge is -2.14. The third-order valence-electron chi connectivity index (χ3n) is 2.91. The van der Waals surface area contributed by atoms with E-state index in [1.54, 1.807) is 0 Å². The maximum absolute atomic E-state index is 5.89. The van der Waals surface area contributed by atoms with Crippen LogP contribution >= 0.6 is 31.9 Å². The van der Waals surface area contributed by atoms with Crippen molar-refractivity contribution in [1.29, 1.82) is 0 Å². The summed E-state index contributed by atoms with van der Waals surface area (Å²) < 4.78 is 7.87. The Kier molecular flexibility index (Phi) is 5.06. The van der Waals surface area contributed by atoms with Crippen molar-refractivity contribution in [3.8, 4) is 5.75 Å². The maximum Gasteiger partial charge on any atom is 0.148 e. The summed E-state index contributed by atoms with van der Waals surface area (Å²) in [7, 11) is 0. The van der Waals surface area contributed by atoms with E-state index in [2.05, 4.69) is 70.0 Å². The molecule has 0 aliphatic rings. The fourth-order valence-corrected chi connectivity index (χ4v) is 3.23. The van der Waals surface area contributed by atoms with Crippen molar-refractivity contribution in [3.63, 3.8) is 0 Å². The van der Waals surface area contributed by atoms with Crippen LogP contribution in [0.25, 0.3) is 0 Å². The van der Waals surface area contributed by atoms with Crippen LogP contribution in [0.2, 0.25) is 0 Å². The Morgan fingerprint density at radius 1 is 1.00 bits per heavy atom. The molecule has 0 bridgehead atoms. The van der Waals surface area contributed by atoms with Crippen LogP contribution in [0.1, 0.15) is 30.9 Å². The van der Waals surface area contributed by atoms with Crippen molar-refractivity contribution in [2.45, 2.75) is 26.4 Å². The van der Waals surface area contributed by atoms with E-state index < -0.39 is 0 Å². The summed E-state index contributed by atoms with van der Waals surface area (Å²) in [6.45, 7) is 4.93. The van der Waals surface area contributed by atoms with E-state index in [9.17, 15) is 0 Å². The average molecular weight is 384 g/mol. The van der Waals surface area contributed by atoms with Crippen molar-refractivity contribution in [1.82, 2.24) is 0 Å². The number of hydrogen-bond donors (Lipinski definition) is 0. The summed E-state index contributed by atoms with van der Waals surface area (Å²) in [6.07, 6.45) is 0. The Balaban J connectivity index is 2.17. The smallest absolute Gasteiger partial charge is 0.148 e. The van der Waals surface area contributed by atoms with Gasteiger partial charge in [0.15, 0.2) is 0 Å². The minimum Gasteiger partial charge on any atom is -0.487 e. The molecule has 0 spiro atoms. The highest BCUT2D eigenvalue weighted by Crippen LogP contribution is 2.37. The van der Waals surface area contributed by atoms with Crippen molar-refractivity contribution in [2.24, 2.45) is 0 Å². The fraction of sp³-hybridized carbons (Fsp3) is 0.250. The van der Waals surface area contributed by atoms with Crippen LogP contribution in [0.4, 0.5) is 0 Å². The summed E-state index contributed by atoms with van der Waals surface area (Å²) in [5, 5.41) is 0. The van der Waals surface area contributed by atoms with Gasteiger partial charge in [-0.2, -0.15) is 0 Å². The maximum atomic E-state index is 5.89. The summed E-state index contributed by atoms with van der Waals surface area (Å²) >= 11 is 7.17. The average Bonchev–Trinajstić information content (AvgIpc) is 2.38. The van der Waals surface area contributed by atoms with Gasteiger partial charge in [0.1, 0.15) is 12.4 Å². The van der Waals surface area contributed by atoms with Gasteiger partial charge in [-0.3, -0.25) is 0 Å². The summed E-state index contributed by atoms with van der Waals surface area (Å²) in [5.74, 6) is 1.35. The van der Waals surface area contributed by atoms with Crippen molar-refractivity contribution in [2.75, 3.05) is 0 Å². The Hall–Kier alpha value is -0.800. The van der Waals surface area contributed by atoms with Crippen LogP contribution in [-0.2, 0) is 6.61 Å². The minimum atomic E-state index is 0.496. The van der Waals surface area contributed by atoms with Gasteiger partial charge in [0, 0.05) is 0 Å². The van der Waals surface area contributed by atoms with E-state index in [1.165, 1.54) is 5.56 Å². The second-order valence-electron chi connectivity index (χ2n) is 4.74. The topological polar surface area (TPSA) is 9.23 Å². The van der Waals surface area contributed by atoms with E-state index in [4.69, 9.17) is 4.74 Å². The third-order valence-corrected chi connectivity index (χ3v) is 4.09. The first-order valence-electron chi connectivity index (χ1n) is 6.23. The molecular weight excluding hydrogens is 368 g/mol. The zero-order valence-electron chi connectivity index (χ0n) is 11.0. The van der Waals surface area contributed by atoms with Crippen LogP contribution in [0, 0.1) is 0 Å². The van der Waals surface area contributed by atoms with E-state index in [1.807, 2.05) is 18.2 Å². The molecule has 0 atom stereocenters. The molecule has 0 saturated carbocycles. The number of benzene rings is 2. The summed E-state index contributed by atoms with van der Waals surface area (Å²) in [6, 6.07) is 14.4. The van der Waals surface area contributed by atoms with Gasteiger partial charge in [0.25, 0.3) is 0 Å². The van der Waals surface area contributed by atoms with Crippen LogP contribution in [-0.4, -0.2) is 0 Å². The number of rotatable bonds is 4. The Morgan fingerprint density at radius 3 is 2.11 bits per heavy atom. The second-order valence-corrected chi connectivity index (χ2v) is 6.45. The molecular formula is C16H16Br2O. The largest absolute Gasteiger partial charge is 0.487 e. The molecule has 0 aromatic heterocycles. The highest BCUT2D eigenvalue weighted by molar-refractivity contribution is 9.11. The Morgan fingerprint density at radius 2 is 1.58 bits per heavy atom. The molecule has 2 aromatic rings. The van der Waals surface area contributed by atoms with Crippen LogP contribution in [0.5, 0.6) is 5.75 Å². The number of ether oxygens (including phenoxy) is 1. The van der Waals surface area contributed by atoms with E-state index in [-0.39, 0.29) is 0 Å². The van der Waals surface area contributed by atoms with Crippen molar-refractivity contribution < 1.29 is 4.74 Å². The quantitative estimate of drug-likeness (QED) is 0.637. The first-order valence-corrected chi connectivity index (χ1v) is 7.82. The normalized spacial score (nSPS) is 10.8. The van der Waals surface area contributed by atoms with E-state index in [0.717, 1.165) is 20.3 Å². The zero-order valence-corrected chi connectivity index (χ0v) is 14.2. The van der Waals surface area contributed by atoms with Gasteiger partial charge in [0.2, 0.25) is 0 Å². The third kappa shape index (κ3) is 3.83. The van der Waals surface area contributed by atoms with Gasteiger partial charge in [-0.05, 0) is 61.0 Å².